The second kappa shape index (κ2) is 6.83. The number of rotatable bonds is 5. The summed E-state index contributed by atoms with van der Waals surface area (Å²) in [4.78, 5) is 41.4. The molecular formula is C15H14N4O4S. The molecule has 0 bridgehead atoms. The second-order valence-electron chi connectivity index (χ2n) is 4.94. The van der Waals surface area contributed by atoms with E-state index in [-0.39, 0.29) is 24.8 Å². The van der Waals surface area contributed by atoms with Crippen LogP contribution < -0.4 is 4.90 Å². The van der Waals surface area contributed by atoms with E-state index in [2.05, 4.69) is 15.2 Å². The summed E-state index contributed by atoms with van der Waals surface area (Å²) in [6.07, 6.45) is 1.43. The lowest BCUT2D eigenvalue weighted by molar-refractivity contribution is -0.121. The van der Waals surface area contributed by atoms with Gasteiger partial charge in [0.05, 0.1) is 17.9 Å². The highest BCUT2D eigenvalue weighted by atomic mass is 32.2. The summed E-state index contributed by atoms with van der Waals surface area (Å²) in [7, 11) is 0. The first-order chi connectivity index (χ1) is 11.6. The number of benzene rings is 1. The van der Waals surface area contributed by atoms with Crippen LogP contribution in [0.2, 0.25) is 0 Å². The van der Waals surface area contributed by atoms with Crippen LogP contribution in [0.5, 0.6) is 0 Å². The van der Waals surface area contributed by atoms with Gasteiger partial charge in [0.25, 0.3) is 0 Å². The molecule has 8 nitrogen and oxygen atoms in total. The number of ether oxygens (including phenoxy) is 1. The highest BCUT2D eigenvalue weighted by Gasteiger charge is 2.40. The fourth-order valence-electron chi connectivity index (χ4n) is 2.31. The third-order valence-electron chi connectivity index (χ3n) is 3.39. The molecule has 2 heterocycles. The maximum absolute atomic E-state index is 12.5. The Morgan fingerprint density at radius 1 is 1.38 bits per heavy atom. The van der Waals surface area contributed by atoms with Crippen molar-refractivity contribution in [1.29, 1.82) is 0 Å². The van der Waals surface area contributed by atoms with Crippen LogP contribution in [-0.2, 0) is 14.3 Å². The molecule has 9 heteroatoms. The summed E-state index contributed by atoms with van der Waals surface area (Å²) in [5.74, 6) is -1.05. The van der Waals surface area contributed by atoms with Crippen molar-refractivity contribution in [2.75, 3.05) is 11.5 Å². The predicted molar refractivity (Wildman–Crippen MR) is 85.5 cm³/mol. The number of hydrogen-bond donors (Lipinski definition) is 1. The average Bonchev–Trinajstić information content (AvgIpc) is 3.17. The van der Waals surface area contributed by atoms with Gasteiger partial charge in [0.2, 0.25) is 11.8 Å². The van der Waals surface area contributed by atoms with E-state index in [9.17, 15) is 14.4 Å². The van der Waals surface area contributed by atoms with Crippen molar-refractivity contribution in [3.05, 3.63) is 36.2 Å². The summed E-state index contributed by atoms with van der Waals surface area (Å²) in [6, 6.07) is 6.18. The zero-order valence-corrected chi connectivity index (χ0v) is 13.6. The Morgan fingerprint density at radius 2 is 2.12 bits per heavy atom. The maximum Gasteiger partial charge on any atom is 0.338 e. The van der Waals surface area contributed by atoms with E-state index in [1.807, 2.05) is 0 Å². The summed E-state index contributed by atoms with van der Waals surface area (Å²) in [5.41, 5.74) is 0.797. The molecular weight excluding hydrogens is 332 g/mol. The lowest BCUT2D eigenvalue weighted by atomic mass is 10.2. The van der Waals surface area contributed by atoms with Gasteiger partial charge in [0.15, 0.2) is 5.16 Å². The Morgan fingerprint density at radius 3 is 2.75 bits per heavy atom. The van der Waals surface area contributed by atoms with Crippen molar-refractivity contribution >= 4 is 35.2 Å². The largest absolute Gasteiger partial charge is 0.462 e. The Bertz CT molecular complexity index is 760. The SMILES string of the molecule is CCOC(=O)c1ccc(N2C(=O)C[C@H](Sc3ncn[nH]3)C2=O)cc1. The van der Waals surface area contributed by atoms with Crippen LogP contribution in [0.4, 0.5) is 5.69 Å². The number of anilines is 1. The topological polar surface area (TPSA) is 105 Å². The van der Waals surface area contributed by atoms with Gasteiger partial charge in [-0.2, -0.15) is 5.10 Å². The van der Waals surface area contributed by atoms with Gasteiger partial charge >= 0.3 is 5.97 Å². The van der Waals surface area contributed by atoms with E-state index in [0.29, 0.717) is 16.4 Å². The van der Waals surface area contributed by atoms with E-state index in [1.165, 1.54) is 30.2 Å². The molecule has 1 atom stereocenters. The minimum atomic E-state index is -0.546. The number of thioether (sulfide) groups is 1. The molecule has 2 aromatic rings. The smallest absolute Gasteiger partial charge is 0.338 e. The minimum Gasteiger partial charge on any atom is -0.462 e. The van der Waals surface area contributed by atoms with Crippen molar-refractivity contribution in [3.63, 3.8) is 0 Å². The predicted octanol–water partition coefficient (Wildman–Crippen LogP) is 1.41. The highest BCUT2D eigenvalue weighted by Crippen LogP contribution is 2.32. The molecule has 1 aliphatic heterocycles. The first kappa shape index (κ1) is 16.2. The molecule has 1 aromatic carbocycles. The Balaban J connectivity index is 1.75. The summed E-state index contributed by atoms with van der Waals surface area (Å²) < 4.78 is 4.91. The third kappa shape index (κ3) is 3.16. The van der Waals surface area contributed by atoms with Gasteiger partial charge in [-0.25, -0.2) is 14.7 Å². The summed E-state index contributed by atoms with van der Waals surface area (Å²) in [5, 5.41) is 6.31. The zero-order valence-electron chi connectivity index (χ0n) is 12.8. The van der Waals surface area contributed by atoms with Crippen LogP contribution in [0, 0.1) is 0 Å². The van der Waals surface area contributed by atoms with Crippen molar-refractivity contribution in [2.45, 2.75) is 23.8 Å². The number of carbonyl (C=O) groups is 3. The summed E-state index contributed by atoms with van der Waals surface area (Å²) in [6.45, 7) is 2.00. The first-order valence-electron chi connectivity index (χ1n) is 7.26. The fraction of sp³-hybridized carbons (Fsp3) is 0.267. The van der Waals surface area contributed by atoms with Gasteiger partial charge in [-0.15, -0.1) is 0 Å². The normalized spacial score (nSPS) is 17.4. The maximum atomic E-state index is 12.5. The van der Waals surface area contributed by atoms with Crippen molar-refractivity contribution in [3.8, 4) is 0 Å². The quantitative estimate of drug-likeness (QED) is 0.644. The number of aromatic amines is 1. The van der Waals surface area contributed by atoms with Gasteiger partial charge in [-0.3, -0.25) is 14.7 Å². The number of nitrogens with one attached hydrogen (secondary N) is 1. The van der Waals surface area contributed by atoms with Crippen LogP contribution in [0.25, 0.3) is 0 Å². The second-order valence-corrected chi connectivity index (χ2v) is 6.13. The molecule has 1 fully saturated rings. The number of esters is 1. The molecule has 1 aliphatic rings. The van der Waals surface area contributed by atoms with E-state index in [0.717, 1.165) is 4.90 Å². The van der Waals surface area contributed by atoms with Crippen LogP contribution in [-0.4, -0.2) is 44.8 Å². The molecule has 1 saturated heterocycles. The molecule has 0 radical (unpaired) electrons. The monoisotopic (exact) mass is 346 g/mol. The van der Waals surface area contributed by atoms with Crippen molar-refractivity contribution in [1.82, 2.24) is 15.2 Å². The number of aromatic nitrogens is 3. The highest BCUT2D eigenvalue weighted by molar-refractivity contribution is 8.00. The molecule has 24 heavy (non-hydrogen) atoms. The van der Waals surface area contributed by atoms with Crippen LogP contribution >= 0.6 is 11.8 Å². The number of nitrogens with zero attached hydrogens (tertiary/aromatic N) is 3. The number of amides is 2. The van der Waals surface area contributed by atoms with Gasteiger partial charge in [-0.05, 0) is 31.2 Å². The van der Waals surface area contributed by atoms with Gasteiger partial charge in [0, 0.05) is 6.42 Å². The summed E-state index contributed by atoms with van der Waals surface area (Å²) >= 11 is 1.17. The van der Waals surface area contributed by atoms with Gasteiger partial charge in [0.1, 0.15) is 11.6 Å². The zero-order chi connectivity index (χ0) is 17.1. The van der Waals surface area contributed by atoms with E-state index in [1.54, 1.807) is 19.1 Å². The van der Waals surface area contributed by atoms with E-state index >= 15 is 0 Å². The standard InChI is InChI=1S/C15H14N4O4S/c1-2-23-14(22)9-3-5-10(6-4-9)19-12(20)7-11(13(19)21)24-15-16-8-17-18-15/h3-6,8,11H,2,7H2,1H3,(H,16,17,18)/t11-/m0/s1. The Hall–Kier alpha value is -2.68. The lowest BCUT2D eigenvalue weighted by Crippen LogP contribution is -2.31. The minimum absolute atomic E-state index is 0.0871. The van der Waals surface area contributed by atoms with Gasteiger partial charge < -0.3 is 4.74 Å². The van der Waals surface area contributed by atoms with Crippen LogP contribution in [0.1, 0.15) is 23.7 Å². The van der Waals surface area contributed by atoms with Crippen LogP contribution in [0.15, 0.2) is 35.7 Å². The molecule has 0 spiro atoms. The molecule has 1 N–H and O–H groups in total. The number of imide groups is 1. The Kier molecular flexibility index (Phi) is 4.61. The van der Waals surface area contributed by atoms with Gasteiger partial charge in [-0.1, -0.05) is 11.8 Å². The molecule has 2 amide bonds. The first-order valence-corrected chi connectivity index (χ1v) is 8.14. The molecule has 0 saturated carbocycles. The van der Waals surface area contributed by atoms with Crippen molar-refractivity contribution < 1.29 is 19.1 Å². The Labute approximate surface area is 141 Å². The van der Waals surface area contributed by atoms with E-state index in [4.69, 9.17) is 4.74 Å². The molecule has 0 unspecified atom stereocenters. The average molecular weight is 346 g/mol. The molecule has 124 valence electrons. The third-order valence-corrected chi connectivity index (χ3v) is 4.46. The molecule has 1 aromatic heterocycles. The number of H-pyrrole nitrogens is 1. The van der Waals surface area contributed by atoms with E-state index < -0.39 is 11.2 Å². The fourth-order valence-corrected chi connectivity index (χ4v) is 3.23. The lowest BCUT2D eigenvalue weighted by Gasteiger charge is -2.15. The molecule has 3 rings (SSSR count). The molecule has 0 aliphatic carbocycles. The number of hydrogen-bond acceptors (Lipinski definition) is 7. The van der Waals surface area contributed by atoms with Crippen LogP contribution in [0.3, 0.4) is 0 Å². The van der Waals surface area contributed by atoms with Crippen molar-refractivity contribution in [2.24, 2.45) is 0 Å². The number of carbonyl (C=O) groups excluding carboxylic acids is 3.